The molecule has 0 saturated carbocycles. The van der Waals surface area contributed by atoms with E-state index in [1.165, 1.54) is 10.6 Å². The Morgan fingerprint density at radius 3 is 2.55 bits per heavy atom. The van der Waals surface area contributed by atoms with Crippen LogP contribution in [0.3, 0.4) is 0 Å². The Balaban J connectivity index is 1.48. The quantitative estimate of drug-likeness (QED) is 0.519. The van der Waals surface area contributed by atoms with Crippen molar-refractivity contribution in [1.29, 1.82) is 5.26 Å². The Morgan fingerprint density at radius 1 is 1.10 bits per heavy atom. The van der Waals surface area contributed by atoms with Gasteiger partial charge in [-0.3, -0.25) is 0 Å². The first-order valence-electron chi connectivity index (χ1n) is 10.7. The lowest BCUT2D eigenvalue weighted by molar-refractivity contribution is -0.113. The molecule has 1 aromatic heterocycles. The van der Waals surface area contributed by atoms with Crippen molar-refractivity contribution in [2.75, 3.05) is 25.0 Å². The van der Waals surface area contributed by atoms with Gasteiger partial charge in [-0.2, -0.15) is 5.26 Å². The topological polar surface area (TPSA) is 56.1 Å². The molecule has 0 bridgehead atoms. The Morgan fingerprint density at radius 2 is 1.87 bits per heavy atom. The van der Waals surface area contributed by atoms with Gasteiger partial charge in [0.2, 0.25) is 0 Å². The Kier molecular flexibility index (Phi) is 6.81. The zero-order chi connectivity index (χ0) is 21.6. The first-order chi connectivity index (χ1) is 15.2. The van der Waals surface area contributed by atoms with Gasteiger partial charge in [0, 0.05) is 29.6 Å². The number of hydrogen-bond acceptors (Lipinski definition) is 5. The summed E-state index contributed by atoms with van der Waals surface area (Å²) in [5, 5.41) is 14.7. The summed E-state index contributed by atoms with van der Waals surface area (Å²) < 4.78 is 0. The van der Waals surface area contributed by atoms with Crippen LogP contribution in [-0.2, 0) is 4.79 Å². The lowest BCUT2D eigenvalue weighted by atomic mass is 9.80. The van der Waals surface area contributed by atoms with Gasteiger partial charge in [0.05, 0.1) is 17.7 Å². The maximum absolute atomic E-state index is 12.2. The van der Waals surface area contributed by atoms with Crippen molar-refractivity contribution in [3.8, 4) is 17.2 Å². The normalized spacial score (nSPS) is 16.5. The van der Waals surface area contributed by atoms with Crippen LogP contribution in [0, 0.1) is 23.2 Å². The van der Waals surface area contributed by atoms with E-state index >= 15 is 0 Å². The number of aldehydes is 1. The molecular formula is C26H27N3OS. The number of carbonyl (C=O) groups is 1. The molecule has 1 aliphatic rings. The summed E-state index contributed by atoms with van der Waals surface area (Å²) in [6.07, 6.45) is 3.18. The Bertz CT molecular complexity index is 1050. The third-order valence-corrected chi connectivity index (χ3v) is 7.33. The van der Waals surface area contributed by atoms with Crippen LogP contribution in [0.2, 0.25) is 0 Å². The number of benzene rings is 2. The standard InChI is InChI=1S/C26H27N3OS/c1-28-26(25-15-22(18-31-25)21-7-5-6-19(14-21)16-27)24(17-30)20-10-12-29(13-11-20)23-8-3-2-4-9-23/h2-9,14-15,17-18,20,24,26,28H,10-13H2,1H3. The molecule has 158 valence electrons. The fourth-order valence-electron chi connectivity index (χ4n) is 4.60. The number of nitrogens with zero attached hydrogens (tertiary/aromatic N) is 2. The molecule has 1 N–H and O–H groups in total. The molecule has 0 radical (unpaired) electrons. The number of carbonyl (C=O) groups excluding carboxylic acids is 1. The van der Waals surface area contributed by atoms with Crippen LogP contribution < -0.4 is 10.2 Å². The van der Waals surface area contributed by atoms with Crippen molar-refractivity contribution in [2.24, 2.45) is 11.8 Å². The second-order valence-electron chi connectivity index (χ2n) is 8.07. The van der Waals surface area contributed by atoms with E-state index in [1.54, 1.807) is 11.3 Å². The lowest BCUT2D eigenvalue weighted by Crippen LogP contribution is -2.40. The molecule has 3 aromatic rings. The maximum Gasteiger partial charge on any atom is 0.125 e. The summed E-state index contributed by atoms with van der Waals surface area (Å²) in [5.41, 5.74) is 4.05. The highest BCUT2D eigenvalue weighted by Gasteiger charge is 2.33. The third kappa shape index (κ3) is 4.71. The molecule has 4 rings (SSSR count). The molecule has 0 aliphatic carbocycles. The minimum Gasteiger partial charge on any atom is -0.372 e. The van der Waals surface area contributed by atoms with E-state index in [4.69, 9.17) is 0 Å². The van der Waals surface area contributed by atoms with Gasteiger partial charge in [-0.1, -0.05) is 30.3 Å². The molecule has 2 unspecified atom stereocenters. The number of nitriles is 1. The van der Waals surface area contributed by atoms with Gasteiger partial charge in [0.1, 0.15) is 6.29 Å². The molecule has 2 atom stereocenters. The SMILES string of the molecule is CNC(c1cc(-c2cccc(C#N)c2)cs1)C(C=O)C1CCN(c2ccccc2)CC1. The van der Waals surface area contributed by atoms with E-state index < -0.39 is 0 Å². The molecule has 2 heterocycles. The predicted octanol–water partition coefficient (Wildman–Crippen LogP) is 5.28. The van der Waals surface area contributed by atoms with Gasteiger partial charge in [-0.05, 0) is 72.6 Å². The number of anilines is 1. The number of nitrogens with one attached hydrogen (secondary N) is 1. The van der Waals surface area contributed by atoms with Crippen LogP contribution in [0.25, 0.3) is 11.1 Å². The van der Waals surface area contributed by atoms with E-state index in [9.17, 15) is 10.1 Å². The van der Waals surface area contributed by atoms with Crippen molar-refractivity contribution in [2.45, 2.75) is 18.9 Å². The van der Waals surface area contributed by atoms with Gasteiger partial charge in [-0.25, -0.2) is 0 Å². The summed E-state index contributed by atoms with van der Waals surface area (Å²) in [4.78, 5) is 15.8. The minimum atomic E-state index is -0.0557. The molecule has 0 spiro atoms. The van der Waals surface area contributed by atoms with Gasteiger partial charge in [-0.15, -0.1) is 11.3 Å². The van der Waals surface area contributed by atoms with E-state index in [2.05, 4.69) is 52.0 Å². The first-order valence-corrected chi connectivity index (χ1v) is 11.6. The summed E-state index contributed by atoms with van der Waals surface area (Å²) in [6, 6.07) is 22.5. The first kappa shape index (κ1) is 21.3. The van der Waals surface area contributed by atoms with Gasteiger partial charge in [0.25, 0.3) is 0 Å². The zero-order valence-corrected chi connectivity index (χ0v) is 18.5. The van der Waals surface area contributed by atoms with Crippen LogP contribution in [0.5, 0.6) is 0 Å². The average molecular weight is 430 g/mol. The second kappa shape index (κ2) is 9.91. The number of piperidine rings is 1. The van der Waals surface area contributed by atoms with Crippen molar-refractivity contribution in [3.05, 3.63) is 76.5 Å². The van der Waals surface area contributed by atoms with E-state index in [-0.39, 0.29) is 12.0 Å². The predicted molar refractivity (Wildman–Crippen MR) is 127 cm³/mol. The monoisotopic (exact) mass is 429 g/mol. The van der Waals surface area contributed by atoms with Crippen molar-refractivity contribution in [3.63, 3.8) is 0 Å². The third-order valence-electron chi connectivity index (χ3n) is 6.31. The summed E-state index contributed by atoms with van der Waals surface area (Å²) in [6.45, 7) is 1.96. The smallest absolute Gasteiger partial charge is 0.125 e. The summed E-state index contributed by atoms with van der Waals surface area (Å²) >= 11 is 1.68. The Hall–Kier alpha value is -2.94. The van der Waals surface area contributed by atoms with Crippen LogP contribution in [0.4, 0.5) is 5.69 Å². The molecule has 4 nitrogen and oxygen atoms in total. The molecule has 5 heteroatoms. The molecule has 31 heavy (non-hydrogen) atoms. The molecule has 1 aliphatic heterocycles. The van der Waals surface area contributed by atoms with Crippen LogP contribution in [-0.4, -0.2) is 26.4 Å². The fourth-order valence-corrected chi connectivity index (χ4v) is 5.69. The molecule has 0 amide bonds. The van der Waals surface area contributed by atoms with Gasteiger partial charge in [0.15, 0.2) is 0 Å². The van der Waals surface area contributed by atoms with Crippen LogP contribution in [0.15, 0.2) is 66.0 Å². The number of para-hydroxylation sites is 1. The molecular weight excluding hydrogens is 402 g/mol. The second-order valence-corrected chi connectivity index (χ2v) is 9.01. The molecule has 1 saturated heterocycles. The van der Waals surface area contributed by atoms with Crippen molar-refractivity contribution in [1.82, 2.24) is 5.32 Å². The van der Waals surface area contributed by atoms with Crippen molar-refractivity contribution < 1.29 is 4.79 Å². The minimum absolute atomic E-state index is 0.00340. The average Bonchev–Trinajstić information content (AvgIpc) is 3.33. The molecule has 2 aromatic carbocycles. The number of rotatable bonds is 7. The van der Waals surface area contributed by atoms with Crippen LogP contribution >= 0.6 is 11.3 Å². The zero-order valence-electron chi connectivity index (χ0n) is 17.7. The van der Waals surface area contributed by atoms with E-state index in [0.717, 1.165) is 43.3 Å². The number of thiophene rings is 1. The highest BCUT2D eigenvalue weighted by molar-refractivity contribution is 7.10. The lowest BCUT2D eigenvalue weighted by Gasteiger charge is -2.38. The number of hydrogen-bond donors (Lipinski definition) is 1. The molecule has 1 fully saturated rings. The summed E-state index contributed by atoms with van der Waals surface area (Å²) in [5.74, 6) is 0.308. The van der Waals surface area contributed by atoms with E-state index in [1.807, 2.05) is 37.4 Å². The van der Waals surface area contributed by atoms with Crippen LogP contribution in [0.1, 0.15) is 29.3 Å². The van der Waals surface area contributed by atoms with E-state index in [0.29, 0.717) is 11.5 Å². The van der Waals surface area contributed by atoms with Gasteiger partial charge < -0.3 is 15.0 Å². The highest BCUT2D eigenvalue weighted by atomic mass is 32.1. The van der Waals surface area contributed by atoms with Crippen molar-refractivity contribution >= 4 is 23.3 Å². The fraction of sp³-hybridized carbons (Fsp3) is 0.308. The Labute approximate surface area is 188 Å². The summed E-state index contributed by atoms with van der Waals surface area (Å²) in [7, 11) is 1.94. The highest BCUT2D eigenvalue weighted by Crippen LogP contribution is 2.38. The largest absolute Gasteiger partial charge is 0.372 e. The maximum atomic E-state index is 12.2. The van der Waals surface area contributed by atoms with Gasteiger partial charge >= 0.3 is 0 Å².